The van der Waals surface area contributed by atoms with Gasteiger partial charge < -0.3 is 15.7 Å². The fourth-order valence-electron chi connectivity index (χ4n) is 5.19. The van der Waals surface area contributed by atoms with Crippen molar-refractivity contribution in [1.82, 2.24) is 20.1 Å². The number of phenolic OH excluding ortho intramolecular Hbond substituents is 1. The quantitative estimate of drug-likeness (QED) is 0.416. The fraction of sp³-hybridized carbons (Fsp3) is 0.280. The minimum atomic E-state index is -0.591. The predicted molar refractivity (Wildman–Crippen MR) is 123 cm³/mol. The predicted octanol–water partition coefficient (Wildman–Crippen LogP) is 3.87. The molecule has 3 N–H and O–H groups in total. The van der Waals surface area contributed by atoms with Crippen molar-refractivity contribution in [2.75, 3.05) is 18.4 Å². The lowest BCUT2D eigenvalue weighted by Crippen LogP contribution is -2.21. The number of fused-ring (bicyclic) bond motifs is 3. The topological polar surface area (TPSA) is 75.0 Å². The Morgan fingerprint density at radius 2 is 2.06 bits per heavy atom. The second-order valence-corrected chi connectivity index (χ2v) is 8.66. The number of pyridine rings is 1. The van der Waals surface area contributed by atoms with E-state index in [-0.39, 0.29) is 22.6 Å². The van der Waals surface area contributed by atoms with Crippen molar-refractivity contribution in [3.05, 3.63) is 47.7 Å². The average molecular weight is 445 g/mol. The van der Waals surface area contributed by atoms with E-state index in [4.69, 9.17) is 6.42 Å². The minimum Gasteiger partial charge on any atom is -0.508 e. The average Bonchev–Trinajstić information content (AvgIpc) is 3.14. The normalized spacial score (nSPS) is 21.3. The highest BCUT2D eigenvalue weighted by Crippen LogP contribution is 2.45. The van der Waals surface area contributed by atoms with Gasteiger partial charge in [-0.2, -0.15) is 5.10 Å². The molecule has 8 heteroatoms. The largest absolute Gasteiger partial charge is 0.508 e. The summed E-state index contributed by atoms with van der Waals surface area (Å²) in [6.07, 6.45) is 7.16. The standard InChI is InChI=1S/C25H21F2N5O/c1-3-14-19(26)6-5-12-7-13(33)8-15(20(12)14)23-21(27)24-18(11-29-23)25(31-32(24)4-2)30-22-16-9-28-10-17(16)22/h1,5-8,11,16-17,22,28,33H,4,9-10H2,2H3,(H,30,31)/t16-,17+,22?. The Bertz CT molecular complexity index is 1480. The van der Waals surface area contributed by atoms with Gasteiger partial charge in [-0.15, -0.1) is 6.42 Å². The molecule has 3 heterocycles. The fourth-order valence-corrected chi connectivity index (χ4v) is 5.19. The molecule has 0 amide bonds. The van der Waals surface area contributed by atoms with Crippen LogP contribution in [0.15, 0.2) is 30.5 Å². The van der Waals surface area contributed by atoms with Crippen LogP contribution in [0.3, 0.4) is 0 Å². The van der Waals surface area contributed by atoms with Gasteiger partial charge in [0.15, 0.2) is 11.6 Å². The molecule has 2 aromatic carbocycles. The monoisotopic (exact) mass is 445 g/mol. The summed E-state index contributed by atoms with van der Waals surface area (Å²) >= 11 is 0. The van der Waals surface area contributed by atoms with Crippen molar-refractivity contribution < 1.29 is 13.9 Å². The third kappa shape index (κ3) is 2.89. The Morgan fingerprint density at radius 1 is 1.27 bits per heavy atom. The number of terminal acetylenes is 1. The van der Waals surface area contributed by atoms with Gasteiger partial charge in [-0.25, -0.2) is 8.78 Å². The summed E-state index contributed by atoms with van der Waals surface area (Å²) in [4.78, 5) is 4.40. The first-order valence-corrected chi connectivity index (χ1v) is 11.0. The third-order valence-corrected chi connectivity index (χ3v) is 6.87. The van der Waals surface area contributed by atoms with Crippen molar-refractivity contribution in [2.45, 2.75) is 19.5 Å². The molecule has 1 saturated heterocycles. The number of phenols is 1. The SMILES string of the molecule is C#Cc1c(F)ccc2cc(O)cc(-c3ncc4c(NC5[C@H]6CNC[C@@H]56)nn(CC)c4c3F)c12. The van der Waals surface area contributed by atoms with Crippen LogP contribution < -0.4 is 10.6 Å². The van der Waals surface area contributed by atoms with E-state index in [0.717, 1.165) is 13.1 Å². The van der Waals surface area contributed by atoms with Crippen LogP contribution in [-0.4, -0.2) is 39.0 Å². The Hall–Kier alpha value is -3.70. The van der Waals surface area contributed by atoms with Gasteiger partial charge in [0.2, 0.25) is 0 Å². The van der Waals surface area contributed by atoms with Gasteiger partial charge in [-0.1, -0.05) is 12.0 Å². The molecule has 4 aromatic rings. The molecule has 1 aliphatic carbocycles. The van der Waals surface area contributed by atoms with Crippen LogP contribution in [0.25, 0.3) is 32.9 Å². The molecule has 33 heavy (non-hydrogen) atoms. The van der Waals surface area contributed by atoms with Crippen LogP contribution in [0.2, 0.25) is 0 Å². The third-order valence-electron chi connectivity index (χ3n) is 6.87. The number of aryl methyl sites for hydroxylation is 1. The summed E-state index contributed by atoms with van der Waals surface area (Å²) in [5.41, 5.74) is 0.533. The maximum absolute atomic E-state index is 16.0. The molecule has 6 nitrogen and oxygen atoms in total. The highest BCUT2D eigenvalue weighted by Gasteiger charge is 2.53. The molecule has 0 bridgehead atoms. The number of benzene rings is 2. The van der Waals surface area contributed by atoms with E-state index < -0.39 is 11.6 Å². The summed E-state index contributed by atoms with van der Waals surface area (Å²) in [6, 6.07) is 5.90. The van der Waals surface area contributed by atoms with Crippen LogP contribution >= 0.6 is 0 Å². The number of aromatic hydroxyl groups is 1. The number of hydrogen-bond donors (Lipinski definition) is 3. The van der Waals surface area contributed by atoms with Crippen molar-refractivity contribution in [3.8, 4) is 29.4 Å². The lowest BCUT2D eigenvalue weighted by Gasteiger charge is -2.12. The van der Waals surface area contributed by atoms with Crippen molar-refractivity contribution in [2.24, 2.45) is 11.8 Å². The van der Waals surface area contributed by atoms with E-state index in [1.165, 1.54) is 24.3 Å². The van der Waals surface area contributed by atoms with E-state index >= 15 is 4.39 Å². The molecule has 6 rings (SSSR count). The number of anilines is 1. The van der Waals surface area contributed by atoms with E-state index in [0.29, 0.717) is 51.9 Å². The molecular weight excluding hydrogens is 424 g/mol. The molecule has 3 atom stereocenters. The highest BCUT2D eigenvalue weighted by atomic mass is 19.1. The summed E-state index contributed by atoms with van der Waals surface area (Å²) < 4.78 is 32.1. The molecular formula is C25H21F2N5O. The number of nitrogens with zero attached hydrogens (tertiary/aromatic N) is 3. The Labute approximate surface area is 188 Å². The first-order valence-electron chi connectivity index (χ1n) is 11.0. The minimum absolute atomic E-state index is 0.00374. The van der Waals surface area contributed by atoms with Crippen molar-refractivity contribution in [3.63, 3.8) is 0 Å². The number of rotatable bonds is 4. The molecule has 1 aliphatic heterocycles. The van der Waals surface area contributed by atoms with E-state index in [1.807, 2.05) is 6.92 Å². The van der Waals surface area contributed by atoms with Gasteiger partial charge in [0.05, 0.1) is 10.9 Å². The second-order valence-electron chi connectivity index (χ2n) is 8.66. The Morgan fingerprint density at radius 3 is 2.79 bits per heavy atom. The second kappa shape index (κ2) is 7.15. The number of hydrogen-bond acceptors (Lipinski definition) is 5. The zero-order valence-corrected chi connectivity index (χ0v) is 17.9. The Kier molecular flexibility index (Phi) is 4.32. The zero-order chi connectivity index (χ0) is 22.9. The smallest absolute Gasteiger partial charge is 0.175 e. The van der Waals surface area contributed by atoms with Crippen LogP contribution in [0.1, 0.15) is 12.5 Å². The van der Waals surface area contributed by atoms with Crippen LogP contribution in [-0.2, 0) is 6.54 Å². The summed E-state index contributed by atoms with van der Waals surface area (Å²) in [5, 5.41) is 23.1. The van der Waals surface area contributed by atoms with Gasteiger partial charge in [-0.3, -0.25) is 9.67 Å². The van der Waals surface area contributed by atoms with Crippen LogP contribution in [0.5, 0.6) is 5.75 Å². The number of piperidine rings is 1. The first kappa shape index (κ1) is 19.9. The molecule has 2 aromatic heterocycles. The van der Waals surface area contributed by atoms with Crippen LogP contribution in [0, 0.1) is 35.8 Å². The highest BCUT2D eigenvalue weighted by molar-refractivity contribution is 6.03. The van der Waals surface area contributed by atoms with Gasteiger partial charge >= 0.3 is 0 Å². The zero-order valence-electron chi connectivity index (χ0n) is 17.9. The molecule has 2 fully saturated rings. The van der Waals surface area contributed by atoms with E-state index in [1.54, 1.807) is 10.9 Å². The van der Waals surface area contributed by atoms with Gasteiger partial charge in [0, 0.05) is 42.8 Å². The van der Waals surface area contributed by atoms with Gasteiger partial charge in [-0.05, 0) is 42.3 Å². The van der Waals surface area contributed by atoms with Crippen molar-refractivity contribution in [1.29, 1.82) is 0 Å². The molecule has 166 valence electrons. The maximum atomic E-state index is 16.0. The lowest BCUT2D eigenvalue weighted by molar-refractivity contribution is 0.476. The van der Waals surface area contributed by atoms with E-state index in [2.05, 4.69) is 26.6 Å². The van der Waals surface area contributed by atoms with Gasteiger partial charge in [0.25, 0.3) is 0 Å². The molecule has 0 radical (unpaired) electrons. The summed E-state index contributed by atoms with van der Waals surface area (Å²) in [7, 11) is 0. The maximum Gasteiger partial charge on any atom is 0.175 e. The number of aromatic nitrogens is 3. The molecule has 1 unspecified atom stereocenters. The molecule has 1 saturated carbocycles. The number of nitrogens with one attached hydrogen (secondary N) is 2. The van der Waals surface area contributed by atoms with Crippen molar-refractivity contribution >= 4 is 27.5 Å². The number of halogens is 2. The summed E-state index contributed by atoms with van der Waals surface area (Å²) in [6.45, 7) is 4.30. The van der Waals surface area contributed by atoms with E-state index in [9.17, 15) is 9.50 Å². The molecule has 0 spiro atoms. The lowest BCUT2D eigenvalue weighted by atomic mass is 9.96. The van der Waals surface area contributed by atoms with Gasteiger partial charge in [0.1, 0.15) is 22.8 Å². The first-order chi connectivity index (χ1) is 16.0. The summed E-state index contributed by atoms with van der Waals surface area (Å²) in [5.74, 6) is 2.84. The van der Waals surface area contributed by atoms with Crippen LogP contribution in [0.4, 0.5) is 14.6 Å². The Balaban J connectivity index is 1.55. The molecule has 2 aliphatic rings.